The number of rotatable bonds is 2. The SMILES string of the molecule is COc1cc(OC(=O)NC(C)(C)C)ccc1O. The summed E-state index contributed by atoms with van der Waals surface area (Å²) in [6.45, 7) is 5.56. The van der Waals surface area contributed by atoms with E-state index in [0.717, 1.165) is 0 Å². The van der Waals surface area contributed by atoms with Gasteiger partial charge in [0.15, 0.2) is 11.5 Å². The largest absolute Gasteiger partial charge is 0.504 e. The number of carbonyl (C=O) groups excluding carboxylic acids is 1. The summed E-state index contributed by atoms with van der Waals surface area (Å²) in [5, 5.41) is 12.0. The van der Waals surface area contributed by atoms with Crippen molar-refractivity contribution < 1.29 is 19.4 Å². The number of aromatic hydroxyl groups is 1. The molecule has 0 fully saturated rings. The maximum absolute atomic E-state index is 11.5. The van der Waals surface area contributed by atoms with Crippen LogP contribution in [0.1, 0.15) is 20.8 Å². The number of benzene rings is 1. The van der Waals surface area contributed by atoms with E-state index >= 15 is 0 Å². The van der Waals surface area contributed by atoms with Crippen LogP contribution in [0.3, 0.4) is 0 Å². The molecule has 2 N–H and O–H groups in total. The van der Waals surface area contributed by atoms with Crippen LogP contribution in [0.4, 0.5) is 4.79 Å². The van der Waals surface area contributed by atoms with Gasteiger partial charge < -0.3 is 19.9 Å². The van der Waals surface area contributed by atoms with Gasteiger partial charge in [-0.25, -0.2) is 4.79 Å². The summed E-state index contributed by atoms with van der Waals surface area (Å²) in [5.41, 5.74) is -0.363. The van der Waals surface area contributed by atoms with Gasteiger partial charge in [-0.1, -0.05) is 0 Å². The average molecular weight is 239 g/mol. The summed E-state index contributed by atoms with van der Waals surface area (Å²) in [6.07, 6.45) is -0.551. The third kappa shape index (κ3) is 4.22. The quantitative estimate of drug-likeness (QED) is 0.830. The summed E-state index contributed by atoms with van der Waals surface area (Å²) in [4.78, 5) is 11.5. The molecular weight excluding hydrogens is 222 g/mol. The van der Waals surface area contributed by atoms with Gasteiger partial charge in [-0.3, -0.25) is 0 Å². The Bertz CT molecular complexity index is 409. The molecule has 0 aliphatic rings. The molecule has 0 aromatic heterocycles. The molecule has 94 valence electrons. The van der Waals surface area contributed by atoms with Crippen LogP contribution in [0.15, 0.2) is 18.2 Å². The van der Waals surface area contributed by atoms with Gasteiger partial charge in [-0.05, 0) is 32.9 Å². The highest BCUT2D eigenvalue weighted by Gasteiger charge is 2.15. The van der Waals surface area contributed by atoms with Crippen LogP contribution in [0.5, 0.6) is 17.2 Å². The van der Waals surface area contributed by atoms with Crippen LogP contribution in [-0.4, -0.2) is 23.8 Å². The van der Waals surface area contributed by atoms with E-state index in [4.69, 9.17) is 9.47 Å². The topological polar surface area (TPSA) is 67.8 Å². The molecule has 0 aliphatic heterocycles. The average Bonchev–Trinajstić information content (AvgIpc) is 2.18. The molecule has 0 radical (unpaired) electrons. The Morgan fingerprint density at radius 3 is 2.53 bits per heavy atom. The molecule has 0 saturated heterocycles. The molecule has 5 heteroatoms. The summed E-state index contributed by atoms with van der Waals surface area (Å²) in [6, 6.07) is 4.33. The molecule has 0 heterocycles. The summed E-state index contributed by atoms with van der Waals surface area (Å²) < 4.78 is 9.95. The predicted octanol–water partition coefficient (Wildman–Crippen LogP) is 2.29. The van der Waals surface area contributed by atoms with E-state index in [2.05, 4.69) is 5.32 Å². The maximum atomic E-state index is 11.5. The lowest BCUT2D eigenvalue weighted by atomic mass is 10.1. The van der Waals surface area contributed by atoms with Gasteiger partial charge in [0.1, 0.15) is 5.75 Å². The monoisotopic (exact) mass is 239 g/mol. The first kappa shape index (κ1) is 13.2. The molecule has 0 spiro atoms. The molecule has 1 rings (SSSR count). The highest BCUT2D eigenvalue weighted by molar-refractivity contribution is 5.71. The van der Waals surface area contributed by atoms with Gasteiger partial charge in [-0.2, -0.15) is 0 Å². The van der Waals surface area contributed by atoms with Crippen molar-refractivity contribution in [2.45, 2.75) is 26.3 Å². The molecule has 1 aromatic rings. The standard InChI is InChI=1S/C12H17NO4/c1-12(2,3)13-11(15)17-8-5-6-9(14)10(7-8)16-4/h5-7,14H,1-4H3,(H,13,15). The van der Waals surface area contributed by atoms with E-state index < -0.39 is 6.09 Å². The fraction of sp³-hybridized carbons (Fsp3) is 0.417. The van der Waals surface area contributed by atoms with Crippen LogP contribution in [0.2, 0.25) is 0 Å². The van der Waals surface area contributed by atoms with E-state index in [-0.39, 0.29) is 17.0 Å². The molecule has 5 nitrogen and oxygen atoms in total. The molecule has 1 aromatic carbocycles. The summed E-state index contributed by atoms with van der Waals surface area (Å²) in [5.74, 6) is 0.559. The molecule has 0 bridgehead atoms. The van der Waals surface area contributed by atoms with Gasteiger partial charge in [0, 0.05) is 11.6 Å². The third-order valence-corrected chi connectivity index (χ3v) is 1.84. The Kier molecular flexibility index (Phi) is 3.83. The molecule has 17 heavy (non-hydrogen) atoms. The molecule has 1 amide bonds. The second-order valence-corrected chi connectivity index (χ2v) is 4.60. The number of ether oxygens (including phenoxy) is 2. The van der Waals surface area contributed by atoms with Crippen LogP contribution >= 0.6 is 0 Å². The lowest BCUT2D eigenvalue weighted by Gasteiger charge is -2.19. The van der Waals surface area contributed by atoms with Crippen molar-refractivity contribution in [3.63, 3.8) is 0 Å². The molecule has 0 atom stereocenters. The minimum absolute atomic E-state index is 0.00363. The van der Waals surface area contributed by atoms with E-state index in [1.165, 1.54) is 25.3 Å². The van der Waals surface area contributed by atoms with Gasteiger partial charge in [0.2, 0.25) is 0 Å². The van der Waals surface area contributed by atoms with Crippen molar-refractivity contribution in [1.29, 1.82) is 0 Å². The van der Waals surface area contributed by atoms with Crippen molar-refractivity contribution in [2.75, 3.05) is 7.11 Å². The fourth-order valence-electron chi connectivity index (χ4n) is 1.16. The number of amides is 1. The first-order chi connectivity index (χ1) is 7.81. The van der Waals surface area contributed by atoms with Crippen molar-refractivity contribution >= 4 is 6.09 Å². The third-order valence-electron chi connectivity index (χ3n) is 1.84. The van der Waals surface area contributed by atoms with Crippen molar-refractivity contribution in [3.8, 4) is 17.2 Å². The van der Waals surface area contributed by atoms with Gasteiger partial charge in [-0.15, -0.1) is 0 Å². The van der Waals surface area contributed by atoms with Gasteiger partial charge >= 0.3 is 6.09 Å². The normalized spacial score (nSPS) is 10.8. The van der Waals surface area contributed by atoms with Gasteiger partial charge in [0.25, 0.3) is 0 Å². The number of hydrogen-bond donors (Lipinski definition) is 2. The smallest absolute Gasteiger partial charge is 0.413 e. The van der Waals surface area contributed by atoms with Crippen LogP contribution in [0, 0.1) is 0 Å². The second-order valence-electron chi connectivity index (χ2n) is 4.60. The zero-order valence-electron chi connectivity index (χ0n) is 10.4. The van der Waals surface area contributed by atoms with Crippen LogP contribution < -0.4 is 14.8 Å². The summed E-state index contributed by atoms with van der Waals surface area (Å²) in [7, 11) is 1.42. The minimum atomic E-state index is -0.551. The zero-order chi connectivity index (χ0) is 13.1. The van der Waals surface area contributed by atoms with E-state index in [0.29, 0.717) is 5.75 Å². The first-order valence-corrected chi connectivity index (χ1v) is 5.19. The first-order valence-electron chi connectivity index (χ1n) is 5.19. The Hall–Kier alpha value is -1.91. The molecule has 0 saturated carbocycles. The number of nitrogens with one attached hydrogen (secondary N) is 1. The molecular formula is C12H17NO4. The Labute approximate surface area is 100 Å². The highest BCUT2D eigenvalue weighted by atomic mass is 16.6. The number of carbonyl (C=O) groups is 1. The second kappa shape index (κ2) is 4.95. The molecule has 0 aliphatic carbocycles. The van der Waals surface area contributed by atoms with Crippen molar-refractivity contribution in [3.05, 3.63) is 18.2 Å². The van der Waals surface area contributed by atoms with E-state index in [1.54, 1.807) is 0 Å². The fourth-order valence-corrected chi connectivity index (χ4v) is 1.16. The number of phenolic OH excluding ortho intramolecular Hbond substituents is 1. The number of methoxy groups -OCH3 is 1. The lowest BCUT2D eigenvalue weighted by Crippen LogP contribution is -2.42. The van der Waals surface area contributed by atoms with Crippen molar-refractivity contribution in [2.24, 2.45) is 0 Å². The van der Waals surface area contributed by atoms with Crippen LogP contribution in [0.25, 0.3) is 0 Å². The maximum Gasteiger partial charge on any atom is 0.413 e. The molecule has 0 unspecified atom stereocenters. The van der Waals surface area contributed by atoms with E-state index in [9.17, 15) is 9.90 Å². The predicted molar refractivity (Wildman–Crippen MR) is 63.6 cm³/mol. The number of phenols is 1. The Morgan fingerprint density at radius 1 is 1.35 bits per heavy atom. The lowest BCUT2D eigenvalue weighted by molar-refractivity contribution is 0.190. The van der Waals surface area contributed by atoms with E-state index in [1.807, 2.05) is 20.8 Å². The summed E-state index contributed by atoms with van der Waals surface area (Å²) >= 11 is 0. The number of hydrogen-bond acceptors (Lipinski definition) is 4. The zero-order valence-corrected chi connectivity index (χ0v) is 10.4. The van der Waals surface area contributed by atoms with Gasteiger partial charge in [0.05, 0.1) is 7.11 Å². The Morgan fingerprint density at radius 2 is 2.00 bits per heavy atom. The van der Waals surface area contributed by atoms with Crippen LogP contribution in [-0.2, 0) is 0 Å². The Balaban J connectivity index is 2.72. The highest BCUT2D eigenvalue weighted by Crippen LogP contribution is 2.29. The van der Waals surface area contributed by atoms with Crippen molar-refractivity contribution in [1.82, 2.24) is 5.32 Å². The minimum Gasteiger partial charge on any atom is -0.504 e.